The van der Waals surface area contributed by atoms with Crippen LogP contribution in [0.25, 0.3) is 0 Å². The fourth-order valence-corrected chi connectivity index (χ4v) is 0.935. The van der Waals surface area contributed by atoms with Crippen LogP contribution in [0.2, 0.25) is 0 Å². The normalized spacial score (nSPS) is 11.0. The molecule has 2 N–H and O–H groups in total. The summed E-state index contributed by atoms with van der Waals surface area (Å²) in [5.74, 6) is 1.26. The molecule has 0 unspecified atom stereocenters. The first-order valence-corrected chi connectivity index (χ1v) is 3.86. The first kappa shape index (κ1) is 9.32. The number of hydrogen-bond acceptors (Lipinski definition) is 2. The topological polar surface area (TPSA) is 47.6 Å². The number of nitrogens with two attached hydrogens (primary N) is 1. The van der Waals surface area contributed by atoms with Crippen molar-refractivity contribution in [1.29, 1.82) is 0 Å². The van der Waals surface area contributed by atoms with Crippen LogP contribution in [0, 0.1) is 0 Å². The minimum absolute atomic E-state index is 0.456. The predicted octanol–water partition coefficient (Wildman–Crippen LogP) is 1.54. The predicted molar refractivity (Wildman–Crippen MR) is 53.9 cm³/mol. The van der Waals surface area contributed by atoms with Gasteiger partial charge in [0.25, 0.3) is 0 Å². The number of nitrogens with zero attached hydrogens (tertiary/aromatic N) is 1. The smallest absolute Gasteiger partial charge is 0.130 e. The first-order valence-electron chi connectivity index (χ1n) is 3.86. The van der Waals surface area contributed by atoms with Crippen molar-refractivity contribution in [1.82, 2.24) is 0 Å². The lowest BCUT2D eigenvalue weighted by Crippen LogP contribution is -2.12. The van der Waals surface area contributed by atoms with E-state index in [2.05, 4.69) is 11.6 Å². The molecule has 1 aromatic rings. The molecule has 3 nitrogen and oxygen atoms in total. The van der Waals surface area contributed by atoms with Crippen molar-refractivity contribution in [2.24, 2.45) is 10.7 Å². The van der Waals surface area contributed by atoms with E-state index < -0.39 is 0 Å². The molecule has 0 aliphatic carbocycles. The molecule has 0 aliphatic rings. The second-order valence-electron chi connectivity index (χ2n) is 2.43. The molecule has 3 heteroatoms. The molecule has 0 radical (unpaired) electrons. The second-order valence-corrected chi connectivity index (χ2v) is 2.43. The van der Waals surface area contributed by atoms with Crippen molar-refractivity contribution in [3.8, 4) is 5.75 Å². The summed E-state index contributed by atoms with van der Waals surface area (Å²) in [5, 5.41) is 0. The number of aliphatic imine (C=N–C) groups is 1. The van der Waals surface area contributed by atoms with Crippen molar-refractivity contribution < 1.29 is 4.74 Å². The highest BCUT2D eigenvalue weighted by molar-refractivity contribution is 5.97. The van der Waals surface area contributed by atoms with E-state index in [-0.39, 0.29) is 0 Å². The van der Waals surface area contributed by atoms with Gasteiger partial charge in [0.15, 0.2) is 0 Å². The summed E-state index contributed by atoms with van der Waals surface area (Å²) in [6.07, 6.45) is 1.42. The van der Waals surface area contributed by atoms with Crippen LogP contribution in [-0.4, -0.2) is 12.9 Å². The Morgan fingerprint density at radius 1 is 1.46 bits per heavy atom. The molecular formula is C10H12N2O. The van der Waals surface area contributed by atoms with E-state index in [1.807, 2.05) is 24.3 Å². The quantitative estimate of drug-likeness (QED) is 0.561. The van der Waals surface area contributed by atoms with E-state index in [1.54, 1.807) is 7.11 Å². The molecule has 0 saturated heterocycles. The minimum atomic E-state index is 0.456. The van der Waals surface area contributed by atoms with Crippen molar-refractivity contribution >= 4 is 5.84 Å². The maximum absolute atomic E-state index is 5.63. The Hall–Kier alpha value is -1.77. The molecule has 0 heterocycles. The van der Waals surface area contributed by atoms with Crippen LogP contribution >= 0.6 is 0 Å². The van der Waals surface area contributed by atoms with Crippen LogP contribution in [0.15, 0.2) is 42.0 Å². The monoisotopic (exact) mass is 176 g/mol. The molecule has 0 aliphatic heterocycles. The highest BCUT2D eigenvalue weighted by atomic mass is 16.5. The lowest BCUT2D eigenvalue weighted by molar-refractivity contribution is 0.415. The van der Waals surface area contributed by atoms with Crippen LogP contribution < -0.4 is 10.5 Å². The Morgan fingerprint density at radius 2 is 2.08 bits per heavy atom. The average molecular weight is 176 g/mol. The fraction of sp³-hybridized carbons (Fsp3) is 0.100. The molecule has 1 rings (SSSR count). The van der Waals surface area contributed by atoms with Gasteiger partial charge in [0.2, 0.25) is 0 Å². The SMILES string of the molecule is C=C/N=C(\N)c1ccc(OC)cc1. The molecule has 0 atom stereocenters. The Bertz CT molecular complexity index is 314. The van der Waals surface area contributed by atoms with Gasteiger partial charge in [0, 0.05) is 11.8 Å². The van der Waals surface area contributed by atoms with Crippen molar-refractivity contribution in [2.45, 2.75) is 0 Å². The van der Waals surface area contributed by atoms with E-state index in [0.717, 1.165) is 11.3 Å². The number of rotatable bonds is 3. The van der Waals surface area contributed by atoms with Gasteiger partial charge in [-0.05, 0) is 24.3 Å². The number of benzene rings is 1. The van der Waals surface area contributed by atoms with Gasteiger partial charge in [-0.15, -0.1) is 0 Å². The van der Waals surface area contributed by atoms with Gasteiger partial charge in [0.1, 0.15) is 11.6 Å². The third-order valence-electron chi connectivity index (χ3n) is 1.62. The summed E-state index contributed by atoms with van der Waals surface area (Å²) >= 11 is 0. The van der Waals surface area contributed by atoms with Crippen LogP contribution in [-0.2, 0) is 0 Å². The van der Waals surface area contributed by atoms with Gasteiger partial charge < -0.3 is 10.5 Å². The lowest BCUT2D eigenvalue weighted by Gasteiger charge is -2.01. The standard InChI is InChI=1S/C10H12N2O/c1-3-12-10(11)8-4-6-9(13-2)7-5-8/h3-7H,1H2,2H3,(H2,11,12). The van der Waals surface area contributed by atoms with Gasteiger partial charge in [-0.1, -0.05) is 6.58 Å². The molecule has 0 amide bonds. The van der Waals surface area contributed by atoms with E-state index in [0.29, 0.717) is 5.84 Å². The molecule has 0 bridgehead atoms. The largest absolute Gasteiger partial charge is 0.497 e. The van der Waals surface area contributed by atoms with E-state index in [1.165, 1.54) is 6.20 Å². The summed E-state index contributed by atoms with van der Waals surface area (Å²) in [7, 11) is 1.62. The Labute approximate surface area is 77.6 Å². The highest BCUT2D eigenvalue weighted by Crippen LogP contribution is 2.10. The summed E-state index contributed by atoms with van der Waals surface area (Å²) in [6.45, 7) is 3.47. The third-order valence-corrected chi connectivity index (χ3v) is 1.62. The lowest BCUT2D eigenvalue weighted by atomic mass is 10.2. The summed E-state index contributed by atoms with van der Waals surface area (Å²) in [4.78, 5) is 3.87. The molecule has 13 heavy (non-hydrogen) atoms. The second kappa shape index (κ2) is 4.30. The molecule has 68 valence electrons. The Morgan fingerprint density at radius 3 is 2.54 bits per heavy atom. The van der Waals surface area contributed by atoms with Crippen molar-refractivity contribution in [3.63, 3.8) is 0 Å². The zero-order chi connectivity index (χ0) is 9.68. The summed E-state index contributed by atoms with van der Waals surface area (Å²) in [6, 6.07) is 7.37. The van der Waals surface area contributed by atoms with E-state index in [9.17, 15) is 0 Å². The number of ether oxygens (including phenoxy) is 1. The van der Waals surface area contributed by atoms with Gasteiger partial charge in [-0.2, -0.15) is 0 Å². The number of methoxy groups -OCH3 is 1. The van der Waals surface area contributed by atoms with Crippen LogP contribution in [0.5, 0.6) is 5.75 Å². The van der Waals surface area contributed by atoms with Crippen LogP contribution in [0.4, 0.5) is 0 Å². The van der Waals surface area contributed by atoms with E-state index in [4.69, 9.17) is 10.5 Å². The fourth-order valence-electron chi connectivity index (χ4n) is 0.935. The maximum atomic E-state index is 5.63. The highest BCUT2D eigenvalue weighted by Gasteiger charge is 1.96. The van der Waals surface area contributed by atoms with Crippen LogP contribution in [0.1, 0.15) is 5.56 Å². The zero-order valence-electron chi connectivity index (χ0n) is 7.53. The zero-order valence-corrected chi connectivity index (χ0v) is 7.53. The molecule has 0 spiro atoms. The minimum Gasteiger partial charge on any atom is -0.497 e. The van der Waals surface area contributed by atoms with Gasteiger partial charge in [-0.25, -0.2) is 4.99 Å². The van der Waals surface area contributed by atoms with Gasteiger partial charge >= 0.3 is 0 Å². The average Bonchev–Trinajstić information content (AvgIpc) is 2.18. The molecule has 0 fully saturated rings. The van der Waals surface area contributed by atoms with Crippen LogP contribution in [0.3, 0.4) is 0 Å². The third kappa shape index (κ3) is 2.33. The number of hydrogen-bond donors (Lipinski definition) is 1. The van der Waals surface area contributed by atoms with Gasteiger partial charge in [-0.3, -0.25) is 0 Å². The molecular weight excluding hydrogens is 164 g/mol. The molecule has 0 aromatic heterocycles. The number of amidine groups is 1. The molecule has 1 aromatic carbocycles. The Kier molecular flexibility index (Phi) is 3.09. The van der Waals surface area contributed by atoms with Gasteiger partial charge in [0.05, 0.1) is 7.11 Å². The summed E-state index contributed by atoms with van der Waals surface area (Å²) in [5.41, 5.74) is 6.50. The van der Waals surface area contributed by atoms with E-state index >= 15 is 0 Å². The maximum Gasteiger partial charge on any atom is 0.130 e. The molecule has 0 saturated carbocycles. The summed E-state index contributed by atoms with van der Waals surface area (Å²) < 4.78 is 5.01. The van der Waals surface area contributed by atoms with Crippen molar-refractivity contribution in [3.05, 3.63) is 42.6 Å². The first-order chi connectivity index (χ1) is 6.27. The Balaban J connectivity index is 2.91. The van der Waals surface area contributed by atoms with Crippen molar-refractivity contribution in [2.75, 3.05) is 7.11 Å².